The van der Waals surface area contributed by atoms with Gasteiger partial charge >= 0.3 is 0 Å². The molecule has 0 bridgehead atoms. The van der Waals surface area contributed by atoms with Crippen LogP contribution < -0.4 is 0 Å². The molecule has 0 unspecified atom stereocenters. The molecule has 0 saturated heterocycles. The zero-order chi connectivity index (χ0) is 25.1. The van der Waals surface area contributed by atoms with Gasteiger partial charge in [-0.1, -0.05) is 146 Å². The summed E-state index contributed by atoms with van der Waals surface area (Å²) in [6, 6.07) is 53.9. The third kappa shape index (κ3) is 3.17. The topological polar surface area (TPSA) is 0 Å². The van der Waals surface area contributed by atoms with Crippen LogP contribution in [-0.4, -0.2) is 0 Å². The predicted molar refractivity (Wildman–Crippen MR) is 158 cm³/mol. The van der Waals surface area contributed by atoms with Gasteiger partial charge in [0.15, 0.2) is 0 Å². The zero-order valence-corrected chi connectivity index (χ0v) is 21.0. The van der Waals surface area contributed by atoms with Crippen LogP contribution in [0.15, 0.2) is 146 Å². The first kappa shape index (κ1) is 21.4. The molecule has 0 atom stereocenters. The highest BCUT2D eigenvalue weighted by molar-refractivity contribution is 5.82. The Morgan fingerprint density at radius 3 is 0.947 bits per heavy atom. The number of fused-ring (bicyclic) bond motifs is 6. The molecule has 0 amide bonds. The summed E-state index contributed by atoms with van der Waals surface area (Å²) in [5.41, 5.74) is 16.3. The maximum absolute atomic E-state index is 2.40. The second-order valence-electron chi connectivity index (χ2n) is 10.5. The number of benzene rings is 6. The highest BCUT2D eigenvalue weighted by Crippen LogP contribution is 2.49. The molecule has 2 aliphatic carbocycles. The molecule has 0 radical (unpaired) electrons. The molecule has 0 spiro atoms. The molecule has 0 fully saturated rings. The lowest BCUT2D eigenvalue weighted by molar-refractivity contribution is 1.01. The molecule has 0 nitrogen and oxygen atoms in total. The van der Waals surface area contributed by atoms with Crippen molar-refractivity contribution in [3.05, 3.63) is 179 Å². The van der Waals surface area contributed by atoms with E-state index in [9.17, 15) is 0 Å². The van der Waals surface area contributed by atoms with E-state index in [4.69, 9.17) is 0 Å². The summed E-state index contributed by atoms with van der Waals surface area (Å²) in [6.07, 6.45) is 0. The maximum Gasteiger partial charge on any atom is 0.0352 e. The van der Waals surface area contributed by atoms with E-state index in [1.54, 1.807) is 0 Å². The van der Waals surface area contributed by atoms with E-state index in [0.29, 0.717) is 0 Å². The number of hydrogen-bond acceptors (Lipinski definition) is 0. The van der Waals surface area contributed by atoms with Crippen molar-refractivity contribution in [2.75, 3.05) is 0 Å². The lowest BCUT2D eigenvalue weighted by atomic mass is 9.86. The summed E-state index contributed by atoms with van der Waals surface area (Å²) < 4.78 is 0. The molecule has 6 aromatic carbocycles. The lowest BCUT2D eigenvalue weighted by Gasteiger charge is -2.17. The first-order valence-corrected chi connectivity index (χ1v) is 13.4. The largest absolute Gasteiger partial charge is 0.0619 e. The normalized spacial score (nSPS) is 13.6. The minimum Gasteiger partial charge on any atom is -0.0619 e. The Morgan fingerprint density at radius 1 is 0.289 bits per heavy atom. The van der Waals surface area contributed by atoms with Crippen LogP contribution in [-0.2, 0) is 0 Å². The van der Waals surface area contributed by atoms with Crippen LogP contribution in [0.4, 0.5) is 0 Å². The van der Waals surface area contributed by atoms with Crippen LogP contribution in [0.1, 0.15) is 45.2 Å². The lowest BCUT2D eigenvalue weighted by Crippen LogP contribution is -2.00. The third-order valence-corrected chi connectivity index (χ3v) is 8.44. The second-order valence-corrected chi connectivity index (χ2v) is 10.5. The van der Waals surface area contributed by atoms with E-state index in [2.05, 4.69) is 146 Å². The summed E-state index contributed by atoms with van der Waals surface area (Å²) in [7, 11) is 0. The molecule has 38 heavy (non-hydrogen) atoms. The van der Waals surface area contributed by atoms with Gasteiger partial charge in [-0.05, 0) is 66.8 Å². The highest BCUT2D eigenvalue weighted by Gasteiger charge is 2.31. The summed E-state index contributed by atoms with van der Waals surface area (Å²) in [5, 5.41) is 0. The smallest absolute Gasteiger partial charge is 0.0352 e. The van der Waals surface area contributed by atoms with Gasteiger partial charge in [-0.25, -0.2) is 0 Å². The van der Waals surface area contributed by atoms with Gasteiger partial charge in [-0.15, -0.1) is 0 Å². The predicted octanol–water partition coefficient (Wildman–Crippen LogP) is 9.67. The summed E-state index contributed by atoms with van der Waals surface area (Å²) in [4.78, 5) is 0. The van der Waals surface area contributed by atoms with Gasteiger partial charge in [0, 0.05) is 11.8 Å². The van der Waals surface area contributed by atoms with Crippen LogP contribution >= 0.6 is 0 Å². The molecule has 2 aliphatic rings. The SMILES string of the molecule is c1cc(-c2cccc(C3c4ccccc4-c4ccccc43)c2)cc(C2c3ccccc3-c3ccccc32)c1. The van der Waals surface area contributed by atoms with Crippen molar-refractivity contribution in [2.24, 2.45) is 0 Å². The van der Waals surface area contributed by atoms with Gasteiger partial charge < -0.3 is 0 Å². The molecule has 0 aromatic heterocycles. The molecular formula is C38H26. The van der Waals surface area contributed by atoms with E-state index < -0.39 is 0 Å². The van der Waals surface area contributed by atoms with Gasteiger partial charge in [0.2, 0.25) is 0 Å². The molecule has 0 aliphatic heterocycles. The molecule has 0 N–H and O–H groups in total. The van der Waals surface area contributed by atoms with Crippen LogP contribution in [0.2, 0.25) is 0 Å². The van der Waals surface area contributed by atoms with Crippen LogP contribution in [0.25, 0.3) is 33.4 Å². The van der Waals surface area contributed by atoms with Gasteiger partial charge in [0.1, 0.15) is 0 Å². The Balaban J connectivity index is 1.23. The van der Waals surface area contributed by atoms with E-state index in [1.807, 2.05) is 0 Å². The Labute approximate surface area is 223 Å². The monoisotopic (exact) mass is 482 g/mol. The van der Waals surface area contributed by atoms with Crippen LogP contribution in [0.3, 0.4) is 0 Å². The molecular weight excluding hydrogens is 456 g/mol. The minimum absolute atomic E-state index is 0.263. The quantitative estimate of drug-likeness (QED) is 0.235. The fourth-order valence-electron chi connectivity index (χ4n) is 6.82. The van der Waals surface area contributed by atoms with E-state index in [1.165, 1.54) is 66.8 Å². The van der Waals surface area contributed by atoms with Crippen molar-refractivity contribution in [3.8, 4) is 33.4 Å². The average Bonchev–Trinajstić information content (AvgIpc) is 3.51. The van der Waals surface area contributed by atoms with Crippen molar-refractivity contribution < 1.29 is 0 Å². The summed E-state index contributed by atoms with van der Waals surface area (Å²) >= 11 is 0. The molecule has 178 valence electrons. The second kappa shape index (κ2) is 8.43. The third-order valence-electron chi connectivity index (χ3n) is 8.44. The van der Waals surface area contributed by atoms with Crippen molar-refractivity contribution in [1.82, 2.24) is 0 Å². The maximum atomic E-state index is 2.40. The number of rotatable bonds is 3. The Hall–Kier alpha value is -4.68. The molecule has 0 saturated carbocycles. The summed E-state index contributed by atoms with van der Waals surface area (Å²) in [6.45, 7) is 0. The summed E-state index contributed by atoms with van der Waals surface area (Å²) in [5.74, 6) is 0.526. The van der Waals surface area contributed by atoms with Crippen LogP contribution in [0.5, 0.6) is 0 Å². The minimum atomic E-state index is 0.263. The van der Waals surface area contributed by atoms with Crippen molar-refractivity contribution >= 4 is 0 Å². The number of hydrogen-bond donors (Lipinski definition) is 0. The Bertz CT molecular complexity index is 1610. The standard InChI is InChI=1S/C38H26/c1-5-19-33-29(15-1)30-16-2-6-20-34(30)37(33)27-13-9-11-25(23-27)26-12-10-14-28(24-26)38-35-21-7-3-17-31(35)32-18-4-8-22-36(32)38/h1-24,37-38H. The van der Waals surface area contributed by atoms with Gasteiger partial charge in [-0.2, -0.15) is 0 Å². The first-order chi connectivity index (χ1) is 18.9. The Kier molecular flexibility index (Phi) is 4.75. The van der Waals surface area contributed by atoms with Crippen molar-refractivity contribution in [2.45, 2.75) is 11.8 Å². The van der Waals surface area contributed by atoms with Gasteiger partial charge in [0.05, 0.1) is 0 Å². The highest BCUT2D eigenvalue weighted by atomic mass is 14.3. The van der Waals surface area contributed by atoms with E-state index in [0.717, 1.165) is 0 Å². The molecule has 0 heterocycles. The molecule has 8 rings (SSSR count). The fourth-order valence-corrected chi connectivity index (χ4v) is 6.82. The van der Waals surface area contributed by atoms with Gasteiger partial charge in [0.25, 0.3) is 0 Å². The van der Waals surface area contributed by atoms with Gasteiger partial charge in [-0.3, -0.25) is 0 Å². The molecule has 6 aromatic rings. The first-order valence-electron chi connectivity index (χ1n) is 13.4. The van der Waals surface area contributed by atoms with E-state index in [-0.39, 0.29) is 11.8 Å². The average molecular weight is 483 g/mol. The molecule has 0 heteroatoms. The zero-order valence-electron chi connectivity index (χ0n) is 21.0. The van der Waals surface area contributed by atoms with Crippen LogP contribution in [0, 0.1) is 0 Å². The fraction of sp³-hybridized carbons (Fsp3) is 0.0526. The van der Waals surface area contributed by atoms with E-state index >= 15 is 0 Å². The van der Waals surface area contributed by atoms with Crippen molar-refractivity contribution in [3.63, 3.8) is 0 Å². The van der Waals surface area contributed by atoms with Crippen molar-refractivity contribution in [1.29, 1.82) is 0 Å². The Morgan fingerprint density at radius 2 is 0.605 bits per heavy atom.